The van der Waals surface area contributed by atoms with Crippen molar-refractivity contribution in [3.63, 3.8) is 0 Å². The van der Waals surface area contributed by atoms with E-state index in [1.165, 1.54) is 0 Å². The van der Waals surface area contributed by atoms with Crippen LogP contribution in [0.2, 0.25) is 5.02 Å². The van der Waals surface area contributed by atoms with Crippen LogP contribution in [0, 0.1) is 6.92 Å². The van der Waals surface area contributed by atoms with E-state index in [0.717, 1.165) is 42.2 Å². The number of hydrogen-bond acceptors (Lipinski definition) is 7. The van der Waals surface area contributed by atoms with E-state index in [-0.39, 0.29) is 12.0 Å². The molecule has 1 aromatic heterocycles. The number of nitrogen functional groups attached to an aromatic ring is 1. The summed E-state index contributed by atoms with van der Waals surface area (Å²) in [5.41, 5.74) is 7.64. The van der Waals surface area contributed by atoms with Gasteiger partial charge in [-0.25, -0.2) is 4.98 Å². The monoisotopic (exact) mass is 390 g/mol. The van der Waals surface area contributed by atoms with E-state index in [0.29, 0.717) is 37.2 Å². The minimum Gasteiger partial charge on any atom is -0.490 e. The van der Waals surface area contributed by atoms with Gasteiger partial charge in [0.05, 0.1) is 25.9 Å². The van der Waals surface area contributed by atoms with Crippen LogP contribution in [0.5, 0.6) is 11.5 Å². The van der Waals surface area contributed by atoms with E-state index in [9.17, 15) is 0 Å². The highest BCUT2D eigenvalue weighted by molar-refractivity contribution is 6.31. The molecule has 0 aliphatic carbocycles. The Bertz CT molecular complexity index is 813. The van der Waals surface area contributed by atoms with Crippen molar-refractivity contribution in [3.8, 4) is 11.5 Å². The van der Waals surface area contributed by atoms with Gasteiger partial charge in [-0.2, -0.15) is 4.98 Å². The zero-order valence-electron chi connectivity index (χ0n) is 15.3. The van der Waals surface area contributed by atoms with E-state index < -0.39 is 0 Å². The molecule has 2 N–H and O–H groups in total. The first-order chi connectivity index (χ1) is 13.1. The predicted octanol–water partition coefficient (Wildman–Crippen LogP) is 3.15. The van der Waals surface area contributed by atoms with Crippen molar-refractivity contribution in [1.82, 2.24) is 9.97 Å². The summed E-state index contributed by atoms with van der Waals surface area (Å²) in [6.45, 7) is 5.13. The van der Waals surface area contributed by atoms with Gasteiger partial charge in [0.15, 0.2) is 11.5 Å². The first kappa shape index (κ1) is 18.1. The minimum atomic E-state index is -0.106. The lowest BCUT2D eigenvalue weighted by atomic mass is 10.0. The summed E-state index contributed by atoms with van der Waals surface area (Å²) in [6.07, 6.45) is 1.74. The van der Waals surface area contributed by atoms with Crippen LogP contribution in [0.15, 0.2) is 18.2 Å². The molecule has 8 heteroatoms. The maximum absolute atomic E-state index is 6.64. The fourth-order valence-electron chi connectivity index (χ4n) is 3.49. The number of fused-ring (bicyclic) bond motifs is 1. The molecule has 2 aromatic rings. The average Bonchev–Trinajstić information content (AvgIpc) is 3.00. The molecular weight excluding hydrogens is 368 g/mol. The third-order valence-electron chi connectivity index (χ3n) is 4.72. The lowest BCUT2D eigenvalue weighted by molar-refractivity contribution is 0.134. The van der Waals surface area contributed by atoms with Gasteiger partial charge in [-0.1, -0.05) is 11.6 Å². The van der Waals surface area contributed by atoms with Crippen molar-refractivity contribution in [3.05, 3.63) is 34.5 Å². The lowest BCUT2D eigenvalue weighted by Crippen LogP contribution is -2.32. The maximum Gasteiger partial charge on any atom is 0.222 e. The standard InChI is InChI=1S/C19H23ClN4O3/c1-12-8-18(23-19(21)22-12)24-4-2-5-25-11-15(24)13-9-16-17(10-14(13)20)27-7-3-6-26-16/h8-10,15H,2-7,11H2,1H3,(H2,21,22,23)/t15-/m0/s1. The largest absolute Gasteiger partial charge is 0.490 e. The summed E-state index contributed by atoms with van der Waals surface area (Å²) in [7, 11) is 0. The molecule has 0 unspecified atom stereocenters. The normalized spacial score (nSPS) is 20.1. The molecule has 0 bridgehead atoms. The Morgan fingerprint density at radius 3 is 2.63 bits per heavy atom. The molecule has 1 saturated heterocycles. The minimum absolute atomic E-state index is 0.106. The zero-order chi connectivity index (χ0) is 18.8. The van der Waals surface area contributed by atoms with Crippen LogP contribution in [0.3, 0.4) is 0 Å². The van der Waals surface area contributed by atoms with E-state index >= 15 is 0 Å². The summed E-state index contributed by atoms with van der Waals surface area (Å²) >= 11 is 6.64. The molecule has 1 aromatic carbocycles. The molecule has 7 nitrogen and oxygen atoms in total. The van der Waals surface area contributed by atoms with Crippen molar-refractivity contribution >= 4 is 23.4 Å². The van der Waals surface area contributed by atoms with E-state index in [1.54, 1.807) is 0 Å². The quantitative estimate of drug-likeness (QED) is 0.843. The maximum atomic E-state index is 6.64. The highest BCUT2D eigenvalue weighted by Crippen LogP contribution is 2.40. The smallest absolute Gasteiger partial charge is 0.222 e. The molecule has 1 atom stereocenters. The number of aryl methyl sites for hydroxylation is 1. The van der Waals surface area contributed by atoms with Crippen LogP contribution < -0.4 is 20.1 Å². The first-order valence-electron chi connectivity index (χ1n) is 9.16. The Morgan fingerprint density at radius 2 is 1.85 bits per heavy atom. The van der Waals surface area contributed by atoms with E-state index in [1.807, 2.05) is 25.1 Å². The SMILES string of the molecule is Cc1cc(N2CCCOC[C@H]2c2cc3c(cc2Cl)OCCCO3)nc(N)n1. The number of nitrogens with two attached hydrogens (primary N) is 1. The number of benzene rings is 1. The van der Waals surface area contributed by atoms with E-state index in [2.05, 4.69) is 14.9 Å². The number of anilines is 2. The molecule has 27 heavy (non-hydrogen) atoms. The van der Waals surface area contributed by atoms with E-state index in [4.69, 9.17) is 31.5 Å². The summed E-state index contributed by atoms with van der Waals surface area (Å²) < 4.78 is 17.5. The number of aromatic nitrogens is 2. The van der Waals surface area contributed by atoms with Gasteiger partial charge in [-0.15, -0.1) is 0 Å². The van der Waals surface area contributed by atoms with Crippen LogP contribution >= 0.6 is 11.6 Å². The summed E-state index contributed by atoms with van der Waals surface area (Å²) in [5, 5.41) is 0.624. The van der Waals surface area contributed by atoms with Crippen molar-refractivity contribution in [1.29, 1.82) is 0 Å². The first-order valence-corrected chi connectivity index (χ1v) is 9.54. The number of hydrogen-bond donors (Lipinski definition) is 1. The number of rotatable bonds is 2. The van der Waals surface area contributed by atoms with Crippen molar-refractivity contribution in [2.45, 2.75) is 25.8 Å². The molecule has 4 rings (SSSR count). The fraction of sp³-hybridized carbons (Fsp3) is 0.474. The van der Waals surface area contributed by atoms with Crippen LogP contribution in [0.1, 0.15) is 30.1 Å². The average molecular weight is 391 g/mol. The van der Waals surface area contributed by atoms with Gasteiger partial charge >= 0.3 is 0 Å². The molecule has 0 amide bonds. The Kier molecular flexibility index (Phi) is 5.22. The van der Waals surface area contributed by atoms with Gasteiger partial charge in [0.25, 0.3) is 0 Å². The van der Waals surface area contributed by atoms with Gasteiger partial charge < -0.3 is 24.8 Å². The van der Waals surface area contributed by atoms with Gasteiger partial charge in [0, 0.05) is 42.4 Å². The Labute approximate surface area is 163 Å². The van der Waals surface area contributed by atoms with Crippen LogP contribution in [-0.2, 0) is 4.74 Å². The molecule has 0 saturated carbocycles. The lowest BCUT2D eigenvalue weighted by Gasteiger charge is -2.31. The zero-order valence-corrected chi connectivity index (χ0v) is 16.0. The van der Waals surface area contributed by atoms with Gasteiger partial charge in [-0.05, 0) is 25.0 Å². The Balaban J connectivity index is 1.76. The molecule has 2 aliphatic rings. The second-order valence-corrected chi connectivity index (χ2v) is 7.14. The predicted molar refractivity (Wildman–Crippen MR) is 104 cm³/mol. The van der Waals surface area contributed by atoms with Crippen molar-refractivity contribution < 1.29 is 14.2 Å². The molecule has 2 aliphatic heterocycles. The number of halogens is 1. The highest BCUT2D eigenvalue weighted by atomic mass is 35.5. The molecule has 3 heterocycles. The number of ether oxygens (including phenoxy) is 3. The molecule has 144 valence electrons. The third kappa shape index (κ3) is 3.89. The summed E-state index contributed by atoms with van der Waals surface area (Å²) in [4.78, 5) is 10.8. The fourth-order valence-corrected chi connectivity index (χ4v) is 3.77. The van der Waals surface area contributed by atoms with Gasteiger partial charge in [-0.3, -0.25) is 0 Å². The van der Waals surface area contributed by atoms with Crippen molar-refractivity contribution in [2.24, 2.45) is 0 Å². The number of nitrogens with zero attached hydrogens (tertiary/aromatic N) is 3. The topological polar surface area (TPSA) is 82.7 Å². The van der Waals surface area contributed by atoms with Gasteiger partial charge in [0.1, 0.15) is 5.82 Å². The molecule has 1 fully saturated rings. The Hall–Kier alpha value is -2.25. The second-order valence-electron chi connectivity index (χ2n) is 6.73. The second kappa shape index (κ2) is 7.78. The third-order valence-corrected chi connectivity index (χ3v) is 5.05. The highest BCUT2D eigenvalue weighted by Gasteiger charge is 2.28. The van der Waals surface area contributed by atoms with Crippen LogP contribution in [-0.4, -0.2) is 42.9 Å². The van der Waals surface area contributed by atoms with Gasteiger partial charge in [0.2, 0.25) is 5.95 Å². The summed E-state index contributed by atoms with van der Waals surface area (Å²) in [6, 6.07) is 5.63. The van der Waals surface area contributed by atoms with Crippen LogP contribution in [0.25, 0.3) is 0 Å². The molecular formula is C19H23ClN4O3. The van der Waals surface area contributed by atoms with Crippen LogP contribution in [0.4, 0.5) is 11.8 Å². The van der Waals surface area contributed by atoms with Crippen molar-refractivity contribution in [2.75, 3.05) is 43.6 Å². The summed E-state index contributed by atoms with van der Waals surface area (Å²) in [5.74, 6) is 2.44. The molecule has 0 spiro atoms. The Morgan fingerprint density at radius 1 is 1.07 bits per heavy atom. The molecule has 0 radical (unpaired) electrons.